The van der Waals surface area contributed by atoms with E-state index in [0.29, 0.717) is 18.0 Å². The molecule has 0 N–H and O–H groups in total. The van der Waals surface area contributed by atoms with E-state index in [4.69, 9.17) is 9.47 Å². The van der Waals surface area contributed by atoms with Gasteiger partial charge in [-0.1, -0.05) is 30.3 Å². The highest BCUT2D eigenvalue weighted by atomic mass is 16.5. The normalized spacial score (nSPS) is 15.4. The maximum Gasteiger partial charge on any atom is 0.343 e. The Balaban J connectivity index is 2.06. The molecule has 2 aromatic rings. The molecular weight excluding hydrogens is 342 g/mol. The Morgan fingerprint density at radius 2 is 1.74 bits per heavy atom. The molecule has 0 amide bonds. The molecule has 0 radical (unpaired) electrons. The van der Waals surface area contributed by atoms with Crippen LogP contribution < -0.4 is 9.64 Å². The number of Topliss-reactive ketones (excluding diaryl/α,β-unsaturated/α-hetero) is 1. The Morgan fingerprint density at radius 1 is 1.07 bits per heavy atom. The number of carbonyl (C=O) groups excluding carboxylic acids is 2. The molecule has 2 aromatic carbocycles. The van der Waals surface area contributed by atoms with Crippen LogP contribution in [0.25, 0.3) is 6.08 Å². The standard InChI is InChI=1S/C22H21NO4/c1-4-27-18-12-10-16(11-13-18)14-19-21(24)20(22(25)26-3)15(2)23(19)17-8-6-5-7-9-17/h5-14H,4H2,1-3H3/b19-14+. The SMILES string of the molecule is CCOc1ccc(/C=C2\C(=O)C(C(=O)OC)=C(C)N2c2ccccc2)cc1. The van der Waals surface area contributed by atoms with Crippen molar-refractivity contribution in [1.82, 2.24) is 0 Å². The highest BCUT2D eigenvalue weighted by Crippen LogP contribution is 2.35. The Labute approximate surface area is 158 Å². The van der Waals surface area contributed by atoms with Crippen molar-refractivity contribution >= 4 is 23.5 Å². The largest absolute Gasteiger partial charge is 0.494 e. The number of rotatable bonds is 5. The van der Waals surface area contributed by atoms with Gasteiger partial charge in [-0.25, -0.2) is 4.79 Å². The first kappa shape index (κ1) is 18.5. The van der Waals surface area contributed by atoms with E-state index in [-0.39, 0.29) is 11.4 Å². The number of benzene rings is 2. The van der Waals surface area contributed by atoms with Gasteiger partial charge in [0.05, 0.1) is 19.4 Å². The predicted octanol–water partition coefficient (Wildman–Crippen LogP) is 3.96. The van der Waals surface area contributed by atoms with Crippen LogP contribution >= 0.6 is 0 Å². The van der Waals surface area contributed by atoms with Crippen LogP contribution in [0.1, 0.15) is 19.4 Å². The van der Waals surface area contributed by atoms with Crippen molar-refractivity contribution in [1.29, 1.82) is 0 Å². The van der Waals surface area contributed by atoms with Gasteiger partial charge in [0.25, 0.3) is 0 Å². The third kappa shape index (κ3) is 3.62. The van der Waals surface area contributed by atoms with E-state index in [2.05, 4.69) is 0 Å². The zero-order valence-electron chi connectivity index (χ0n) is 15.6. The molecule has 1 aliphatic heterocycles. The van der Waals surface area contributed by atoms with Crippen molar-refractivity contribution in [3.05, 3.63) is 77.1 Å². The fourth-order valence-corrected chi connectivity index (χ4v) is 3.05. The first-order valence-electron chi connectivity index (χ1n) is 8.70. The second-order valence-corrected chi connectivity index (χ2v) is 5.98. The zero-order chi connectivity index (χ0) is 19.4. The Kier molecular flexibility index (Phi) is 5.41. The molecule has 0 unspecified atom stereocenters. The lowest BCUT2D eigenvalue weighted by atomic mass is 10.1. The maximum atomic E-state index is 13.0. The predicted molar refractivity (Wildman–Crippen MR) is 104 cm³/mol. The van der Waals surface area contributed by atoms with Crippen LogP contribution in [-0.4, -0.2) is 25.5 Å². The summed E-state index contributed by atoms with van der Waals surface area (Å²) in [4.78, 5) is 26.9. The van der Waals surface area contributed by atoms with Gasteiger partial charge in [0.2, 0.25) is 5.78 Å². The highest BCUT2D eigenvalue weighted by Gasteiger charge is 2.38. The number of esters is 1. The number of ketones is 1. The van der Waals surface area contributed by atoms with E-state index in [9.17, 15) is 9.59 Å². The molecule has 138 valence electrons. The van der Waals surface area contributed by atoms with Crippen LogP contribution in [0.5, 0.6) is 5.75 Å². The molecule has 0 atom stereocenters. The monoisotopic (exact) mass is 363 g/mol. The van der Waals surface area contributed by atoms with Gasteiger partial charge in [-0.3, -0.25) is 4.79 Å². The lowest BCUT2D eigenvalue weighted by Crippen LogP contribution is -2.18. The fourth-order valence-electron chi connectivity index (χ4n) is 3.05. The molecule has 0 bridgehead atoms. The van der Waals surface area contributed by atoms with Crippen LogP contribution in [0.2, 0.25) is 0 Å². The number of hydrogen-bond donors (Lipinski definition) is 0. The number of nitrogens with zero attached hydrogens (tertiary/aromatic N) is 1. The minimum absolute atomic E-state index is 0.0542. The summed E-state index contributed by atoms with van der Waals surface area (Å²) in [7, 11) is 1.27. The van der Waals surface area contributed by atoms with Gasteiger partial charge >= 0.3 is 5.97 Å². The molecule has 27 heavy (non-hydrogen) atoms. The summed E-state index contributed by atoms with van der Waals surface area (Å²) in [6, 6.07) is 16.9. The van der Waals surface area contributed by atoms with Gasteiger partial charge in [0, 0.05) is 11.4 Å². The molecule has 0 aliphatic carbocycles. The van der Waals surface area contributed by atoms with E-state index in [0.717, 1.165) is 17.0 Å². The van der Waals surface area contributed by atoms with E-state index in [1.165, 1.54) is 7.11 Å². The first-order chi connectivity index (χ1) is 13.1. The summed E-state index contributed by atoms with van der Waals surface area (Å²) in [6.07, 6.45) is 1.77. The molecule has 1 heterocycles. The zero-order valence-corrected chi connectivity index (χ0v) is 15.6. The Morgan fingerprint density at radius 3 is 2.33 bits per heavy atom. The van der Waals surface area contributed by atoms with E-state index < -0.39 is 5.97 Å². The molecule has 1 aliphatic rings. The lowest BCUT2D eigenvalue weighted by molar-refractivity contribution is -0.137. The molecule has 0 saturated carbocycles. The van der Waals surface area contributed by atoms with Gasteiger partial charge < -0.3 is 14.4 Å². The van der Waals surface area contributed by atoms with Gasteiger partial charge in [0.15, 0.2) is 0 Å². The van der Waals surface area contributed by atoms with Crippen LogP contribution in [0.15, 0.2) is 71.6 Å². The number of ether oxygens (including phenoxy) is 2. The minimum Gasteiger partial charge on any atom is -0.494 e. The quantitative estimate of drug-likeness (QED) is 0.457. The van der Waals surface area contributed by atoms with Crippen LogP contribution in [-0.2, 0) is 14.3 Å². The van der Waals surface area contributed by atoms with Gasteiger partial charge in [-0.15, -0.1) is 0 Å². The molecular formula is C22H21NO4. The topological polar surface area (TPSA) is 55.8 Å². The summed E-state index contributed by atoms with van der Waals surface area (Å²) >= 11 is 0. The third-order valence-electron chi connectivity index (χ3n) is 4.30. The highest BCUT2D eigenvalue weighted by molar-refractivity contribution is 6.30. The molecule has 0 spiro atoms. The van der Waals surface area contributed by atoms with Gasteiger partial charge in [-0.2, -0.15) is 0 Å². The number of anilines is 1. The lowest BCUT2D eigenvalue weighted by Gasteiger charge is -2.21. The Hall–Kier alpha value is -3.34. The molecule has 5 nitrogen and oxygen atoms in total. The summed E-state index contributed by atoms with van der Waals surface area (Å²) in [5.74, 6) is -0.215. The van der Waals surface area contributed by atoms with Crippen molar-refractivity contribution in [2.75, 3.05) is 18.6 Å². The average molecular weight is 363 g/mol. The maximum absolute atomic E-state index is 13.0. The van der Waals surface area contributed by atoms with E-state index >= 15 is 0 Å². The molecule has 0 fully saturated rings. The van der Waals surface area contributed by atoms with Crippen LogP contribution in [0.4, 0.5) is 5.69 Å². The van der Waals surface area contributed by atoms with E-state index in [1.807, 2.05) is 61.5 Å². The molecule has 5 heteroatoms. The molecule has 3 rings (SSSR count). The fraction of sp³-hybridized carbons (Fsp3) is 0.182. The number of para-hydroxylation sites is 1. The molecule has 0 saturated heterocycles. The van der Waals surface area contributed by atoms with Crippen molar-refractivity contribution in [3.8, 4) is 5.75 Å². The second kappa shape index (κ2) is 7.91. The van der Waals surface area contributed by atoms with Crippen LogP contribution in [0, 0.1) is 0 Å². The van der Waals surface area contributed by atoms with Crippen molar-refractivity contribution < 1.29 is 19.1 Å². The second-order valence-electron chi connectivity index (χ2n) is 5.98. The van der Waals surface area contributed by atoms with Crippen molar-refractivity contribution in [2.45, 2.75) is 13.8 Å². The first-order valence-corrected chi connectivity index (χ1v) is 8.70. The third-order valence-corrected chi connectivity index (χ3v) is 4.30. The summed E-state index contributed by atoms with van der Waals surface area (Å²) in [5.41, 5.74) is 2.65. The number of allylic oxidation sites excluding steroid dienone is 2. The smallest absolute Gasteiger partial charge is 0.343 e. The summed E-state index contributed by atoms with van der Waals surface area (Å²) in [6.45, 7) is 4.26. The van der Waals surface area contributed by atoms with E-state index in [1.54, 1.807) is 17.9 Å². The van der Waals surface area contributed by atoms with Crippen LogP contribution in [0.3, 0.4) is 0 Å². The van der Waals surface area contributed by atoms with Crippen molar-refractivity contribution in [2.24, 2.45) is 0 Å². The van der Waals surface area contributed by atoms with Gasteiger partial charge in [0.1, 0.15) is 11.3 Å². The van der Waals surface area contributed by atoms with Crippen molar-refractivity contribution in [3.63, 3.8) is 0 Å². The summed E-state index contributed by atoms with van der Waals surface area (Å²) in [5, 5.41) is 0. The average Bonchev–Trinajstić information content (AvgIpc) is 2.93. The summed E-state index contributed by atoms with van der Waals surface area (Å²) < 4.78 is 10.3. The number of hydrogen-bond acceptors (Lipinski definition) is 5. The Bertz CT molecular complexity index is 911. The molecule has 0 aromatic heterocycles. The number of methoxy groups -OCH3 is 1. The van der Waals surface area contributed by atoms with Gasteiger partial charge in [-0.05, 0) is 49.8 Å². The number of carbonyl (C=O) groups is 2. The minimum atomic E-state index is -0.631.